The molecule has 1 amide bonds. The summed E-state index contributed by atoms with van der Waals surface area (Å²) in [4.78, 5) is 12.5. The first-order valence-corrected chi connectivity index (χ1v) is 4.34. The van der Waals surface area contributed by atoms with Crippen molar-refractivity contribution in [1.82, 2.24) is 4.90 Å². The molecule has 1 aromatic rings. The van der Waals surface area contributed by atoms with Gasteiger partial charge < -0.3 is 9.64 Å². The molecule has 2 rings (SSSR count). The van der Waals surface area contributed by atoms with Crippen molar-refractivity contribution in [3.63, 3.8) is 0 Å². The van der Waals surface area contributed by atoms with Crippen LogP contribution in [0.2, 0.25) is 0 Å². The van der Waals surface area contributed by atoms with Crippen molar-refractivity contribution in [2.75, 3.05) is 13.6 Å². The molecule has 1 heterocycles. The van der Waals surface area contributed by atoms with Crippen LogP contribution in [0.3, 0.4) is 0 Å². The van der Waals surface area contributed by atoms with E-state index in [0.29, 0.717) is 12.1 Å². The Balaban J connectivity index is 2.25. The van der Waals surface area contributed by atoms with Gasteiger partial charge in [0.15, 0.2) is 0 Å². The number of likely N-dealkylation sites (N-methyl/N-ethyl adjacent to an activating group) is 1. The first-order valence-electron chi connectivity index (χ1n) is 4.34. The second-order valence-corrected chi connectivity index (χ2v) is 3.27. The fourth-order valence-corrected chi connectivity index (χ4v) is 1.47. The molecule has 1 aromatic carbocycles. The fourth-order valence-electron chi connectivity index (χ4n) is 1.47. The number of nitrogens with zero attached hydrogens (tertiary/aromatic N) is 1. The van der Waals surface area contributed by atoms with Crippen LogP contribution >= 0.6 is 0 Å². The van der Waals surface area contributed by atoms with E-state index in [2.05, 4.69) is 0 Å². The normalized spacial score (nSPS) is 21.1. The zero-order valence-corrected chi connectivity index (χ0v) is 7.74. The highest BCUT2D eigenvalue weighted by Crippen LogP contribution is 2.26. The largest absolute Gasteiger partial charge is 0.439 e. The predicted octanol–water partition coefficient (Wildman–Crippen LogP) is 1.95. The van der Waals surface area contributed by atoms with Crippen LogP contribution in [0.15, 0.2) is 24.3 Å². The Kier molecular flexibility index (Phi) is 2.11. The van der Waals surface area contributed by atoms with Gasteiger partial charge in [0.05, 0.1) is 6.54 Å². The zero-order chi connectivity index (χ0) is 10.1. The summed E-state index contributed by atoms with van der Waals surface area (Å²) >= 11 is 0. The van der Waals surface area contributed by atoms with Crippen LogP contribution in [-0.2, 0) is 4.74 Å². The molecule has 0 saturated carbocycles. The molecule has 0 aliphatic carbocycles. The second kappa shape index (κ2) is 3.29. The van der Waals surface area contributed by atoms with E-state index < -0.39 is 12.2 Å². The van der Waals surface area contributed by atoms with E-state index in [1.165, 1.54) is 11.0 Å². The van der Waals surface area contributed by atoms with Crippen LogP contribution in [0, 0.1) is 5.82 Å². The number of carbonyl (C=O) groups excluding carboxylic acids is 1. The van der Waals surface area contributed by atoms with E-state index in [-0.39, 0.29) is 5.82 Å². The van der Waals surface area contributed by atoms with Crippen LogP contribution in [0.1, 0.15) is 11.7 Å². The molecule has 74 valence electrons. The molecule has 0 radical (unpaired) electrons. The standard InChI is InChI=1S/C10H10FNO2/c1-12-6-9(14-10(12)13)7-4-2-3-5-8(7)11/h2-5,9H,6H2,1H3. The van der Waals surface area contributed by atoms with Gasteiger partial charge in [0.2, 0.25) is 0 Å². The SMILES string of the molecule is CN1CC(c2ccccc2F)OC1=O. The number of carbonyl (C=O) groups is 1. The lowest BCUT2D eigenvalue weighted by atomic mass is 10.1. The van der Waals surface area contributed by atoms with E-state index in [9.17, 15) is 9.18 Å². The molecule has 3 nitrogen and oxygen atoms in total. The molecule has 1 unspecified atom stereocenters. The van der Waals surface area contributed by atoms with Gasteiger partial charge in [0, 0.05) is 12.6 Å². The molecule has 1 fully saturated rings. The molecule has 1 atom stereocenters. The number of benzene rings is 1. The van der Waals surface area contributed by atoms with Crippen molar-refractivity contribution in [2.45, 2.75) is 6.10 Å². The smallest absolute Gasteiger partial charge is 0.410 e. The Hall–Kier alpha value is -1.58. The number of hydrogen-bond donors (Lipinski definition) is 0. The van der Waals surface area contributed by atoms with Crippen molar-refractivity contribution in [3.8, 4) is 0 Å². The molecule has 0 bridgehead atoms. The van der Waals surface area contributed by atoms with Crippen LogP contribution in [-0.4, -0.2) is 24.6 Å². The lowest BCUT2D eigenvalue weighted by Crippen LogP contribution is -2.17. The van der Waals surface area contributed by atoms with Gasteiger partial charge >= 0.3 is 6.09 Å². The van der Waals surface area contributed by atoms with Gasteiger partial charge in [-0.3, -0.25) is 0 Å². The molecule has 4 heteroatoms. The molecule has 14 heavy (non-hydrogen) atoms. The number of hydrogen-bond acceptors (Lipinski definition) is 2. The minimum atomic E-state index is -0.478. The highest BCUT2D eigenvalue weighted by molar-refractivity contribution is 5.69. The number of rotatable bonds is 1. The predicted molar refractivity (Wildman–Crippen MR) is 48.3 cm³/mol. The van der Waals surface area contributed by atoms with Crippen molar-refractivity contribution >= 4 is 6.09 Å². The summed E-state index contributed by atoms with van der Waals surface area (Å²) < 4.78 is 18.3. The second-order valence-electron chi connectivity index (χ2n) is 3.27. The van der Waals surface area contributed by atoms with Crippen molar-refractivity contribution in [2.24, 2.45) is 0 Å². The van der Waals surface area contributed by atoms with Crippen LogP contribution in [0.5, 0.6) is 0 Å². The van der Waals surface area contributed by atoms with E-state index in [4.69, 9.17) is 4.74 Å². The third-order valence-corrected chi connectivity index (χ3v) is 2.25. The number of ether oxygens (including phenoxy) is 1. The van der Waals surface area contributed by atoms with Crippen LogP contribution in [0.4, 0.5) is 9.18 Å². The summed E-state index contributed by atoms with van der Waals surface area (Å²) in [7, 11) is 1.63. The average molecular weight is 195 g/mol. The summed E-state index contributed by atoms with van der Waals surface area (Å²) in [5.41, 5.74) is 0.435. The first-order chi connectivity index (χ1) is 6.68. The van der Waals surface area contributed by atoms with E-state index in [1.807, 2.05) is 0 Å². The Morgan fingerprint density at radius 3 is 2.79 bits per heavy atom. The minimum Gasteiger partial charge on any atom is -0.439 e. The van der Waals surface area contributed by atoms with Gasteiger partial charge in [-0.2, -0.15) is 0 Å². The lowest BCUT2D eigenvalue weighted by molar-refractivity contribution is 0.133. The van der Waals surface area contributed by atoms with Gasteiger partial charge in [-0.25, -0.2) is 9.18 Å². The van der Waals surface area contributed by atoms with Gasteiger partial charge in [-0.05, 0) is 6.07 Å². The quantitative estimate of drug-likeness (QED) is 0.685. The molecular weight excluding hydrogens is 185 g/mol. The molecule has 0 N–H and O–H groups in total. The number of cyclic esters (lactones) is 1. The monoisotopic (exact) mass is 195 g/mol. The Bertz CT molecular complexity index is 367. The van der Waals surface area contributed by atoms with Crippen molar-refractivity contribution in [1.29, 1.82) is 0 Å². The number of amides is 1. The third kappa shape index (κ3) is 1.43. The van der Waals surface area contributed by atoms with Crippen LogP contribution in [0.25, 0.3) is 0 Å². The van der Waals surface area contributed by atoms with E-state index in [1.54, 1.807) is 25.2 Å². The van der Waals surface area contributed by atoms with Gasteiger partial charge in [-0.1, -0.05) is 18.2 Å². The van der Waals surface area contributed by atoms with Crippen molar-refractivity contribution < 1.29 is 13.9 Å². The third-order valence-electron chi connectivity index (χ3n) is 2.25. The van der Waals surface area contributed by atoms with Gasteiger partial charge in [-0.15, -0.1) is 0 Å². The Labute approximate surface area is 81.1 Å². The summed E-state index contributed by atoms with van der Waals surface area (Å²) in [6.07, 6.45) is -0.882. The van der Waals surface area contributed by atoms with Gasteiger partial charge in [0.1, 0.15) is 11.9 Å². The zero-order valence-electron chi connectivity index (χ0n) is 7.74. The maximum absolute atomic E-state index is 13.3. The first kappa shape index (κ1) is 8.99. The molecule has 1 saturated heterocycles. The van der Waals surface area contributed by atoms with Crippen LogP contribution < -0.4 is 0 Å². The topological polar surface area (TPSA) is 29.5 Å². The van der Waals surface area contributed by atoms with Gasteiger partial charge in [0.25, 0.3) is 0 Å². The maximum Gasteiger partial charge on any atom is 0.410 e. The lowest BCUT2D eigenvalue weighted by Gasteiger charge is -2.08. The summed E-state index contributed by atoms with van der Waals surface area (Å²) in [5.74, 6) is -0.333. The fraction of sp³-hybridized carbons (Fsp3) is 0.300. The molecule has 1 aliphatic heterocycles. The molecule has 0 spiro atoms. The highest BCUT2D eigenvalue weighted by Gasteiger charge is 2.30. The Morgan fingerprint density at radius 1 is 1.50 bits per heavy atom. The molecule has 0 aromatic heterocycles. The summed E-state index contributed by atoms with van der Waals surface area (Å²) in [6, 6.07) is 6.33. The highest BCUT2D eigenvalue weighted by atomic mass is 19.1. The van der Waals surface area contributed by atoms with Crippen molar-refractivity contribution in [3.05, 3.63) is 35.6 Å². The summed E-state index contributed by atoms with van der Waals surface area (Å²) in [6.45, 7) is 0.403. The Morgan fingerprint density at radius 2 is 2.21 bits per heavy atom. The average Bonchev–Trinajstić information content (AvgIpc) is 2.48. The van der Waals surface area contributed by atoms with E-state index in [0.717, 1.165) is 0 Å². The number of halogens is 1. The summed E-state index contributed by atoms with van der Waals surface area (Å²) in [5, 5.41) is 0. The minimum absolute atomic E-state index is 0.333. The van der Waals surface area contributed by atoms with E-state index >= 15 is 0 Å². The molecular formula is C10H10FNO2. The molecule has 1 aliphatic rings. The maximum atomic E-state index is 13.3.